The third-order valence-electron chi connectivity index (χ3n) is 5.57. The van der Waals surface area contributed by atoms with Crippen molar-refractivity contribution in [2.45, 2.75) is 32.1 Å². The molecule has 1 aliphatic carbocycles. The first-order valence-corrected chi connectivity index (χ1v) is 10.6. The molecule has 4 rings (SSSR count). The van der Waals surface area contributed by atoms with Crippen LogP contribution >= 0.6 is 15.9 Å². The van der Waals surface area contributed by atoms with E-state index in [1.54, 1.807) is 0 Å². The molecule has 0 N–H and O–H groups in total. The summed E-state index contributed by atoms with van der Waals surface area (Å²) in [6.07, 6.45) is 6.18. The Kier molecular flexibility index (Phi) is 5.76. The molecule has 2 nitrogen and oxygen atoms in total. The van der Waals surface area contributed by atoms with Crippen LogP contribution < -0.4 is 4.74 Å². The molecule has 1 aliphatic heterocycles. The van der Waals surface area contributed by atoms with Crippen molar-refractivity contribution in [2.24, 2.45) is 0 Å². The van der Waals surface area contributed by atoms with Crippen molar-refractivity contribution >= 4 is 21.5 Å². The van der Waals surface area contributed by atoms with E-state index in [1.807, 2.05) is 0 Å². The number of aryl methyl sites for hydroxylation is 2. The number of ether oxygens (including phenoxy) is 1. The fraction of sp³-hybridized carbons (Fsp3) is 0.391. The van der Waals surface area contributed by atoms with Gasteiger partial charge in [0.25, 0.3) is 0 Å². The smallest absolute Gasteiger partial charge is 0.119 e. The van der Waals surface area contributed by atoms with Crippen LogP contribution in [0, 0.1) is 0 Å². The molecule has 3 heteroatoms. The number of fused-ring (bicyclic) bond motifs is 2. The lowest BCUT2D eigenvalue weighted by atomic mass is 9.95. The maximum Gasteiger partial charge on any atom is 0.119 e. The molecule has 2 aromatic rings. The first-order valence-electron chi connectivity index (χ1n) is 9.72. The van der Waals surface area contributed by atoms with Gasteiger partial charge < -0.3 is 4.74 Å². The van der Waals surface area contributed by atoms with Crippen LogP contribution in [0.4, 0.5) is 0 Å². The Bertz CT molecular complexity index is 793. The molecule has 1 saturated heterocycles. The van der Waals surface area contributed by atoms with Gasteiger partial charge in [-0.1, -0.05) is 52.7 Å². The van der Waals surface area contributed by atoms with Crippen LogP contribution in [0.25, 0.3) is 5.57 Å². The van der Waals surface area contributed by atoms with Crippen molar-refractivity contribution < 1.29 is 4.74 Å². The molecule has 0 amide bonds. The first kappa shape index (κ1) is 17.8. The highest BCUT2D eigenvalue weighted by Crippen LogP contribution is 2.35. The van der Waals surface area contributed by atoms with Crippen LogP contribution in [0.1, 0.15) is 41.5 Å². The van der Waals surface area contributed by atoms with Gasteiger partial charge >= 0.3 is 0 Å². The molecule has 0 spiro atoms. The second-order valence-corrected chi connectivity index (χ2v) is 7.71. The minimum Gasteiger partial charge on any atom is -0.492 e. The van der Waals surface area contributed by atoms with Gasteiger partial charge in [0.15, 0.2) is 0 Å². The summed E-state index contributed by atoms with van der Waals surface area (Å²) in [6.45, 7) is 4.27. The SMILES string of the molecule is Br/C=C1\c2ccccc2CCc2cc(OCCN3CCCCC3)ccc21. The van der Waals surface area contributed by atoms with Crippen molar-refractivity contribution in [3.8, 4) is 5.75 Å². The van der Waals surface area contributed by atoms with E-state index in [2.05, 4.69) is 68.3 Å². The molecule has 2 aromatic carbocycles. The topological polar surface area (TPSA) is 12.5 Å². The molecule has 0 bridgehead atoms. The molecule has 136 valence electrons. The summed E-state index contributed by atoms with van der Waals surface area (Å²) in [4.78, 5) is 4.59. The second kappa shape index (κ2) is 8.41. The molecule has 0 saturated carbocycles. The van der Waals surface area contributed by atoms with E-state index in [0.717, 1.165) is 31.7 Å². The number of piperidine rings is 1. The van der Waals surface area contributed by atoms with Crippen LogP contribution in [0.5, 0.6) is 5.75 Å². The normalized spacial score (nSPS) is 18.9. The zero-order chi connectivity index (χ0) is 17.8. The molecular weight excluding hydrogens is 386 g/mol. The van der Waals surface area contributed by atoms with Crippen molar-refractivity contribution in [1.29, 1.82) is 0 Å². The zero-order valence-corrected chi connectivity index (χ0v) is 16.8. The van der Waals surface area contributed by atoms with Crippen molar-refractivity contribution in [2.75, 3.05) is 26.2 Å². The van der Waals surface area contributed by atoms with E-state index in [0.29, 0.717) is 0 Å². The van der Waals surface area contributed by atoms with Gasteiger partial charge in [0.1, 0.15) is 12.4 Å². The monoisotopic (exact) mass is 411 g/mol. The predicted octanol–water partition coefficient (Wildman–Crippen LogP) is 5.43. The van der Waals surface area contributed by atoms with Crippen LogP contribution in [-0.4, -0.2) is 31.1 Å². The fourth-order valence-corrected chi connectivity index (χ4v) is 4.63. The third-order valence-corrected chi connectivity index (χ3v) is 6.03. The first-order chi connectivity index (χ1) is 12.8. The Morgan fingerprint density at radius 1 is 0.923 bits per heavy atom. The van der Waals surface area contributed by atoms with Crippen LogP contribution in [0.15, 0.2) is 47.4 Å². The Labute approximate surface area is 165 Å². The number of likely N-dealkylation sites (tertiary alicyclic amines) is 1. The van der Waals surface area contributed by atoms with Crippen LogP contribution in [-0.2, 0) is 12.8 Å². The van der Waals surface area contributed by atoms with Crippen molar-refractivity contribution in [3.05, 3.63) is 69.7 Å². The van der Waals surface area contributed by atoms with Gasteiger partial charge in [0.05, 0.1) is 0 Å². The molecule has 0 aromatic heterocycles. The maximum absolute atomic E-state index is 6.09. The number of rotatable bonds is 4. The lowest BCUT2D eigenvalue weighted by molar-refractivity contribution is 0.183. The van der Waals surface area contributed by atoms with Gasteiger partial charge in [-0.05, 0) is 83.7 Å². The summed E-state index contributed by atoms with van der Waals surface area (Å²) < 4.78 is 6.09. The third kappa shape index (κ3) is 3.89. The number of benzene rings is 2. The summed E-state index contributed by atoms with van der Waals surface area (Å²) >= 11 is 3.59. The van der Waals surface area contributed by atoms with Gasteiger partial charge in [-0.2, -0.15) is 0 Å². The number of nitrogens with zero attached hydrogens (tertiary/aromatic N) is 1. The van der Waals surface area contributed by atoms with Gasteiger partial charge in [-0.15, -0.1) is 0 Å². The van der Waals surface area contributed by atoms with Gasteiger partial charge in [0.2, 0.25) is 0 Å². The molecule has 1 heterocycles. The highest BCUT2D eigenvalue weighted by atomic mass is 79.9. The standard InChI is InChI=1S/C23H26BrNO/c24-17-23-21-7-3-2-6-18(21)8-9-19-16-20(10-11-22(19)23)26-15-14-25-12-4-1-5-13-25/h2-3,6-7,10-11,16-17H,1,4-5,8-9,12-15H2/b23-17+. The number of hydrogen-bond acceptors (Lipinski definition) is 2. The number of hydrogen-bond donors (Lipinski definition) is 0. The highest BCUT2D eigenvalue weighted by Gasteiger charge is 2.18. The van der Waals surface area contributed by atoms with E-state index in [9.17, 15) is 0 Å². The van der Waals surface area contributed by atoms with E-state index in [-0.39, 0.29) is 0 Å². The minimum atomic E-state index is 0.778. The van der Waals surface area contributed by atoms with Crippen molar-refractivity contribution in [3.63, 3.8) is 0 Å². The molecule has 0 unspecified atom stereocenters. The Morgan fingerprint density at radius 3 is 2.54 bits per heavy atom. The number of halogens is 1. The summed E-state index contributed by atoms with van der Waals surface area (Å²) in [5.41, 5.74) is 6.72. The van der Waals surface area contributed by atoms with Crippen molar-refractivity contribution in [1.82, 2.24) is 4.90 Å². The average Bonchev–Trinajstić information content (AvgIpc) is 2.85. The summed E-state index contributed by atoms with van der Waals surface area (Å²) in [5, 5.41) is 0. The van der Waals surface area contributed by atoms with E-state index < -0.39 is 0 Å². The molecular formula is C23H26BrNO. The molecule has 1 fully saturated rings. The second-order valence-electron chi connectivity index (χ2n) is 7.25. The Morgan fingerprint density at radius 2 is 1.69 bits per heavy atom. The fourth-order valence-electron chi connectivity index (χ4n) is 4.14. The predicted molar refractivity (Wildman–Crippen MR) is 112 cm³/mol. The zero-order valence-electron chi connectivity index (χ0n) is 15.2. The quantitative estimate of drug-likeness (QED) is 0.664. The summed E-state index contributed by atoms with van der Waals surface area (Å²) in [6, 6.07) is 15.3. The Hall–Kier alpha value is -1.58. The summed E-state index contributed by atoms with van der Waals surface area (Å²) in [5.74, 6) is 1.00. The average molecular weight is 412 g/mol. The molecule has 2 aliphatic rings. The minimum absolute atomic E-state index is 0.778. The largest absolute Gasteiger partial charge is 0.492 e. The summed E-state index contributed by atoms with van der Waals surface area (Å²) in [7, 11) is 0. The Balaban J connectivity index is 1.48. The van der Waals surface area contributed by atoms with E-state index in [4.69, 9.17) is 4.74 Å². The van der Waals surface area contributed by atoms with Crippen LogP contribution in [0.3, 0.4) is 0 Å². The molecule has 0 atom stereocenters. The molecule has 26 heavy (non-hydrogen) atoms. The lowest BCUT2D eigenvalue weighted by Gasteiger charge is -2.26. The maximum atomic E-state index is 6.09. The van der Waals surface area contributed by atoms with E-state index in [1.165, 1.54) is 60.2 Å². The lowest BCUT2D eigenvalue weighted by Crippen LogP contribution is -2.33. The van der Waals surface area contributed by atoms with E-state index >= 15 is 0 Å². The van der Waals surface area contributed by atoms with Gasteiger partial charge in [-0.3, -0.25) is 4.90 Å². The van der Waals surface area contributed by atoms with Gasteiger partial charge in [0, 0.05) is 6.54 Å². The molecule has 0 radical (unpaired) electrons. The van der Waals surface area contributed by atoms with Crippen LogP contribution in [0.2, 0.25) is 0 Å². The van der Waals surface area contributed by atoms with Gasteiger partial charge in [-0.25, -0.2) is 0 Å². The highest BCUT2D eigenvalue weighted by molar-refractivity contribution is 9.11.